The van der Waals surface area contributed by atoms with Gasteiger partial charge in [-0.3, -0.25) is 4.98 Å². The molecule has 1 fully saturated rings. The Morgan fingerprint density at radius 3 is 2.76 bits per heavy atom. The Bertz CT molecular complexity index is 915. The van der Waals surface area contributed by atoms with E-state index in [0.717, 1.165) is 44.0 Å². The molecule has 0 saturated carbocycles. The number of aliphatic imine (C=N–C) groups is 1. The van der Waals surface area contributed by atoms with Gasteiger partial charge in [-0.1, -0.05) is 18.2 Å². The molecule has 0 unspecified atom stereocenters. The monoisotopic (exact) mass is 521 g/mol. The van der Waals surface area contributed by atoms with Gasteiger partial charge in [-0.2, -0.15) is 0 Å². The molecule has 1 saturated heterocycles. The van der Waals surface area contributed by atoms with E-state index < -0.39 is 0 Å². The maximum absolute atomic E-state index is 4.85. The summed E-state index contributed by atoms with van der Waals surface area (Å²) >= 11 is 1.82. The molecule has 154 valence electrons. The molecule has 1 aromatic carbocycles. The van der Waals surface area contributed by atoms with Gasteiger partial charge >= 0.3 is 0 Å². The summed E-state index contributed by atoms with van der Waals surface area (Å²) in [6.45, 7) is 5.79. The van der Waals surface area contributed by atoms with Crippen LogP contribution in [0.25, 0.3) is 10.9 Å². The van der Waals surface area contributed by atoms with E-state index in [2.05, 4.69) is 63.2 Å². The molecule has 4 rings (SSSR count). The second-order valence-electron chi connectivity index (χ2n) is 7.04. The van der Waals surface area contributed by atoms with Gasteiger partial charge in [-0.05, 0) is 55.0 Å². The van der Waals surface area contributed by atoms with Crippen LogP contribution in [0.2, 0.25) is 0 Å². The van der Waals surface area contributed by atoms with Crippen molar-refractivity contribution in [2.45, 2.75) is 32.4 Å². The molecule has 3 heterocycles. The first-order valence-corrected chi connectivity index (χ1v) is 10.9. The number of pyridine rings is 1. The molecule has 0 atom stereocenters. The van der Waals surface area contributed by atoms with Gasteiger partial charge in [0.25, 0.3) is 0 Å². The maximum atomic E-state index is 4.85. The minimum absolute atomic E-state index is 0. The van der Waals surface area contributed by atoms with E-state index in [1.807, 2.05) is 29.7 Å². The molecule has 2 N–H and O–H groups in total. The lowest BCUT2D eigenvalue weighted by Crippen LogP contribution is -2.48. The van der Waals surface area contributed by atoms with Crippen molar-refractivity contribution in [2.24, 2.45) is 4.99 Å². The lowest BCUT2D eigenvalue weighted by atomic mass is 10.1. The highest BCUT2D eigenvalue weighted by atomic mass is 127. The second-order valence-corrected chi connectivity index (χ2v) is 7.97. The first kappa shape index (κ1) is 21.8. The van der Waals surface area contributed by atoms with Gasteiger partial charge in [0.05, 0.1) is 17.1 Å². The minimum atomic E-state index is 0. The van der Waals surface area contributed by atoms with Gasteiger partial charge in [0.2, 0.25) is 0 Å². The zero-order valence-corrected chi connectivity index (χ0v) is 19.8. The Balaban J connectivity index is 0.00000240. The first-order chi connectivity index (χ1) is 13.8. The van der Waals surface area contributed by atoms with E-state index in [9.17, 15) is 0 Å². The third-order valence-corrected chi connectivity index (χ3v) is 6.07. The molecule has 0 spiro atoms. The summed E-state index contributed by atoms with van der Waals surface area (Å²) < 4.78 is 0. The van der Waals surface area contributed by atoms with Gasteiger partial charge in [0, 0.05) is 37.3 Å². The van der Waals surface area contributed by atoms with Crippen LogP contribution in [0.3, 0.4) is 0 Å². The zero-order valence-electron chi connectivity index (χ0n) is 16.7. The van der Waals surface area contributed by atoms with Crippen LogP contribution in [0.5, 0.6) is 0 Å². The molecule has 3 aromatic rings. The quantitative estimate of drug-likeness (QED) is 0.292. The fraction of sp³-hybridized carbons (Fsp3) is 0.364. The Morgan fingerprint density at radius 2 is 2.00 bits per heavy atom. The number of piperidine rings is 1. The van der Waals surface area contributed by atoms with Gasteiger partial charge in [-0.15, -0.1) is 35.3 Å². The zero-order chi connectivity index (χ0) is 19.2. The summed E-state index contributed by atoms with van der Waals surface area (Å²) in [5.74, 6) is 0.901. The molecule has 29 heavy (non-hydrogen) atoms. The van der Waals surface area contributed by atoms with Gasteiger partial charge in [0.1, 0.15) is 0 Å². The highest BCUT2D eigenvalue weighted by Gasteiger charge is 2.20. The summed E-state index contributed by atoms with van der Waals surface area (Å²) in [5, 5.41) is 11.7. The van der Waals surface area contributed by atoms with Crippen LogP contribution in [0, 0.1) is 0 Å². The molecular formula is C22H28IN5S. The number of aromatic nitrogens is 1. The summed E-state index contributed by atoms with van der Waals surface area (Å²) in [4.78, 5) is 11.8. The van der Waals surface area contributed by atoms with Crippen molar-refractivity contribution < 1.29 is 0 Å². The topological polar surface area (TPSA) is 52.6 Å². The van der Waals surface area contributed by atoms with E-state index in [0.29, 0.717) is 12.6 Å². The number of fused-ring (bicyclic) bond motifs is 1. The van der Waals surface area contributed by atoms with Crippen molar-refractivity contribution in [3.05, 3.63) is 59.6 Å². The number of hydrogen-bond acceptors (Lipinski definition) is 4. The highest BCUT2D eigenvalue weighted by molar-refractivity contribution is 14.0. The normalized spacial score (nSPS) is 15.2. The molecule has 0 aliphatic carbocycles. The summed E-state index contributed by atoms with van der Waals surface area (Å²) in [7, 11) is 0. The molecule has 0 amide bonds. The summed E-state index contributed by atoms with van der Waals surface area (Å²) in [6, 6.07) is 15.1. The van der Waals surface area contributed by atoms with Crippen molar-refractivity contribution in [3.63, 3.8) is 0 Å². The van der Waals surface area contributed by atoms with Crippen LogP contribution in [-0.4, -0.2) is 36.6 Å². The Labute approximate surface area is 193 Å². The van der Waals surface area contributed by atoms with E-state index in [1.54, 1.807) is 0 Å². The number of anilines is 1. The van der Waals surface area contributed by atoms with Crippen molar-refractivity contribution in [2.75, 3.05) is 24.5 Å². The highest BCUT2D eigenvalue weighted by Crippen LogP contribution is 2.24. The molecule has 1 aliphatic heterocycles. The largest absolute Gasteiger partial charge is 0.363 e. The van der Waals surface area contributed by atoms with Crippen LogP contribution in [0.15, 0.2) is 59.0 Å². The fourth-order valence-corrected chi connectivity index (χ4v) is 4.45. The molecule has 1 aliphatic rings. The summed E-state index contributed by atoms with van der Waals surface area (Å²) in [5.41, 5.74) is 2.23. The Hall–Kier alpha value is -1.87. The fourth-order valence-electron chi connectivity index (χ4n) is 3.66. The smallest absolute Gasteiger partial charge is 0.191 e. The third-order valence-electron chi connectivity index (χ3n) is 5.14. The van der Waals surface area contributed by atoms with E-state index in [-0.39, 0.29) is 24.0 Å². The predicted molar refractivity (Wildman–Crippen MR) is 135 cm³/mol. The molecule has 7 heteroatoms. The summed E-state index contributed by atoms with van der Waals surface area (Å²) in [6.07, 6.45) is 4.12. The van der Waals surface area contributed by atoms with E-state index in [1.165, 1.54) is 16.0 Å². The van der Waals surface area contributed by atoms with Gasteiger partial charge in [0.15, 0.2) is 5.96 Å². The van der Waals surface area contributed by atoms with E-state index in [4.69, 9.17) is 4.99 Å². The van der Waals surface area contributed by atoms with Crippen molar-refractivity contribution in [3.8, 4) is 0 Å². The number of benzene rings is 1. The Morgan fingerprint density at radius 1 is 1.17 bits per heavy atom. The van der Waals surface area contributed by atoms with Crippen LogP contribution in [0.4, 0.5) is 5.00 Å². The average Bonchev–Trinajstić information content (AvgIpc) is 3.27. The first-order valence-electron chi connectivity index (χ1n) is 9.99. The molecule has 2 aromatic heterocycles. The van der Waals surface area contributed by atoms with Crippen LogP contribution >= 0.6 is 35.3 Å². The lowest BCUT2D eigenvalue weighted by Gasteiger charge is -2.33. The number of para-hydroxylation sites is 1. The third kappa shape index (κ3) is 5.60. The average molecular weight is 521 g/mol. The van der Waals surface area contributed by atoms with Crippen molar-refractivity contribution in [1.29, 1.82) is 0 Å². The molecular weight excluding hydrogens is 493 g/mol. The Kier molecular flexibility index (Phi) is 8.11. The number of hydrogen-bond donors (Lipinski definition) is 2. The second kappa shape index (κ2) is 10.8. The predicted octanol–water partition coefficient (Wildman–Crippen LogP) is 4.64. The number of thiophene rings is 1. The molecule has 0 bridgehead atoms. The number of rotatable bonds is 5. The van der Waals surface area contributed by atoms with Crippen molar-refractivity contribution >= 4 is 57.2 Å². The lowest BCUT2D eigenvalue weighted by molar-refractivity contribution is 0.463. The van der Waals surface area contributed by atoms with Crippen LogP contribution in [-0.2, 0) is 6.54 Å². The maximum Gasteiger partial charge on any atom is 0.191 e. The van der Waals surface area contributed by atoms with Gasteiger partial charge in [-0.25, -0.2) is 4.99 Å². The van der Waals surface area contributed by atoms with Crippen LogP contribution in [0.1, 0.15) is 25.3 Å². The number of guanidine groups is 1. The number of halogens is 1. The van der Waals surface area contributed by atoms with Crippen LogP contribution < -0.4 is 15.5 Å². The minimum Gasteiger partial charge on any atom is -0.363 e. The SMILES string of the molecule is CCNC(=NCc1ccnc2ccccc12)NC1CCN(c2cccs2)CC1.I. The standard InChI is InChI=1S/C22H27N5S.HI/c1-2-23-22(25-16-17-9-12-24-20-7-4-3-6-19(17)20)26-18-10-13-27(14-11-18)21-8-5-15-28-21;/h3-9,12,15,18H,2,10-11,13-14,16H2,1H3,(H2,23,25,26);1H. The number of nitrogens with zero attached hydrogens (tertiary/aromatic N) is 3. The van der Waals surface area contributed by atoms with Gasteiger partial charge < -0.3 is 15.5 Å². The number of nitrogens with one attached hydrogen (secondary N) is 2. The van der Waals surface area contributed by atoms with E-state index >= 15 is 0 Å². The van der Waals surface area contributed by atoms with Crippen molar-refractivity contribution in [1.82, 2.24) is 15.6 Å². The molecule has 5 nitrogen and oxygen atoms in total. The molecule has 0 radical (unpaired) electrons.